The van der Waals surface area contributed by atoms with Gasteiger partial charge in [-0.05, 0) is 50.4 Å². The number of rotatable bonds is 5. The van der Waals surface area contributed by atoms with E-state index >= 15 is 0 Å². The van der Waals surface area contributed by atoms with Crippen molar-refractivity contribution in [3.05, 3.63) is 35.9 Å². The third kappa shape index (κ3) is 5.08. The maximum atomic E-state index is 3.51. The van der Waals surface area contributed by atoms with Crippen LogP contribution in [0.3, 0.4) is 0 Å². The van der Waals surface area contributed by atoms with Crippen LogP contribution in [0.1, 0.15) is 44.6 Å². The van der Waals surface area contributed by atoms with Crippen LogP contribution in [0.25, 0.3) is 0 Å². The predicted octanol–water partition coefficient (Wildman–Crippen LogP) is 3.68. The zero-order chi connectivity index (χ0) is 13.5. The van der Waals surface area contributed by atoms with E-state index in [1.807, 2.05) is 0 Å². The van der Waals surface area contributed by atoms with E-state index in [1.54, 1.807) is 0 Å². The minimum Gasteiger partial charge on any atom is -0.317 e. The summed E-state index contributed by atoms with van der Waals surface area (Å²) in [5.41, 5.74) is 1.47. The minimum absolute atomic E-state index is 0. The Kier molecular flexibility index (Phi) is 8.20. The lowest BCUT2D eigenvalue weighted by Gasteiger charge is -2.32. The number of nitrogens with zero attached hydrogens (tertiary/aromatic N) is 1. The van der Waals surface area contributed by atoms with Gasteiger partial charge in [0.25, 0.3) is 0 Å². The monoisotopic (exact) mass is 296 g/mol. The van der Waals surface area contributed by atoms with Gasteiger partial charge in [0.1, 0.15) is 0 Å². The van der Waals surface area contributed by atoms with Crippen LogP contribution < -0.4 is 5.32 Å². The summed E-state index contributed by atoms with van der Waals surface area (Å²) in [5.74, 6) is 0.623. The fraction of sp³-hybridized carbons (Fsp3) is 0.647. The Bertz CT molecular complexity index is 347. The molecule has 0 bridgehead atoms. The summed E-state index contributed by atoms with van der Waals surface area (Å²) in [6.07, 6.45) is 3.97. The highest BCUT2D eigenvalue weighted by molar-refractivity contribution is 5.85. The van der Waals surface area contributed by atoms with Crippen LogP contribution in [-0.2, 0) is 0 Å². The molecule has 2 atom stereocenters. The normalized spacial score (nSPS) is 21.1. The summed E-state index contributed by atoms with van der Waals surface area (Å²) in [6, 6.07) is 11.7. The fourth-order valence-corrected chi connectivity index (χ4v) is 3.14. The minimum atomic E-state index is 0. The van der Waals surface area contributed by atoms with Crippen molar-refractivity contribution in [2.24, 2.45) is 0 Å². The average Bonchev–Trinajstić information content (AvgIpc) is 2.74. The number of hydrogen-bond donors (Lipinski definition) is 1. The van der Waals surface area contributed by atoms with E-state index in [9.17, 15) is 0 Å². The van der Waals surface area contributed by atoms with E-state index in [0.717, 1.165) is 6.04 Å². The van der Waals surface area contributed by atoms with Crippen molar-refractivity contribution in [1.82, 2.24) is 10.2 Å². The Balaban J connectivity index is 0.00000200. The van der Waals surface area contributed by atoms with Crippen LogP contribution in [-0.4, -0.2) is 37.1 Å². The second kappa shape index (κ2) is 9.38. The number of hydrogen-bond acceptors (Lipinski definition) is 2. The molecular weight excluding hydrogens is 268 g/mol. The van der Waals surface area contributed by atoms with E-state index in [-0.39, 0.29) is 12.4 Å². The van der Waals surface area contributed by atoms with Gasteiger partial charge >= 0.3 is 0 Å². The van der Waals surface area contributed by atoms with Crippen molar-refractivity contribution < 1.29 is 0 Å². The lowest BCUT2D eigenvalue weighted by Crippen LogP contribution is -2.38. The molecule has 1 aromatic rings. The third-order valence-corrected chi connectivity index (χ3v) is 4.34. The van der Waals surface area contributed by atoms with E-state index in [0.29, 0.717) is 5.92 Å². The SMILES string of the molecule is CCN(CC(C)c1ccccc1)C1CCCNCC1.Cl. The maximum absolute atomic E-state index is 3.51. The van der Waals surface area contributed by atoms with Gasteiger partial charge in [-0.15, -0.1) is 12.4 Å². The molecule has 1 heterocycles. The van der Waals surface area contributed by atoms with Crippen LogP contribution >= 0.6 is 12.4 Å². The highest BCUT2D eigenvalue weighted by Gasteiger charge is 2.20. The first-order valence-corrected chi connectivity index (χ1v) is 7.81. The molecule has 2 rings (SSSR count). The van der Waals surface area contributed by atoms with Crippen molar-refractivity contribution in [2.75, 3.05) is 26.2 Å². The summed E-state index contributed by atoms with van der Waals surface area (Å²) in [4.78, 5) is 2.69. The van der Waals surface area contributed by atoms with E-state index in [2.05, 4.69) is 54.4 Å². The van der Waals surface area contributed by atoms with Gasteiger partial charge in [-0.25, -0.2) is 0 Å². The van der Waals surface area contributed by atoms with Gasteiger partial charge < -0.3 is 10.2 Å². The van der Waals surface area contributed by atoms with Crippen LogP contribution in [0.5, 0.6) is 0 Å². The van der Waals surface area contributed by atoms with Crippen molar-refractivity contribution in [3.63, 3.8) is 0 Å². The van der Waals surface area contributed by atoms with Crippen LogP contribution in [0.2, 0.25) is 0 Å². The summed E-state index contributed by atoms with van der Waals surface area (Å²) in [5, 5.41) is 3.51. The Morgan fingerprint density at radius 2 is 1.95 bits per heavy atom. The largest absolute Gasteiger partial charge is 0.317 e. The third-order valence-electron chi connectivity index (χ3n) is 4.34. The van der Waals surface area contributed by atoms with Crippen LogP contribution in [0.15, 0.2) is 30.3 Å². The number of nitrogens with one attached hydrogen (secondary N) is 1. The topological polar surface area (TPSA) is 15.3 Å². The van der Waals surface area contributed by atoms with Gasteiger partial charge in [0.15, 0.2) is 0 Å². The van der Waals surface area contributed by atoms with E-state index in [1.165, 1.54) is 51.0 Å². The Hall–Kier alpha value is -0.570. The zero-order valence-corrected chi connectivity index (χ0v) is 13.7. The molecular formula is C17H29ClN2. The van der Waals surface area contributed by atoms with Gasteiger partial charge in [-0.1, -0.05) is 44.2 Å². The first kappa shape index (κ1) is 17.5. The Labute approximate surface area is 130 Å². The first-order valence-electron chi connectivity index (χ1n) is 7.81. The standard InChI is InChI=1S/C17H28N2.ClH/c1-3-19(17-10-7-12-18-13-11-17)14-15(2)16-8-5-4-6-9-16;/h4-6,8-9,15,17-18H,3,7,10-14H2,1-2H3;1H. The van der Waals surface area contributed by atoms with E-state index in [4.69, 9.17) is 0 Å². The predicted molar refractivity (Wildman–Crippen MR) is 89.9 cm³/mol. The summed E-state index contributed by atoms with van der Waals surface area (Å²) >= 11 is 0. The van der Waals surface area contributed by atoms with Gasteiger partial charge in [0.2, 0.25) is 0 Å². The molecule has 1 saturated heterocycles. The number of halogens is 1. The lowest BCUT2D eigenvalue weighted by atomic mass is 9.98. The van der Waals surface area contributed by atoms with Gasteiger partial charge in [0, 0.05) is 12.6 Å². The van der Waals surface area contributed by atoms with Gasteiger partial charge in [0.05, 0.1) is 0 Å². The molecule has 0 radical (unpaired) electrons. The zero-order valence-electron chi connectivity index (χ0n) is 12.8. The molecule has 3 heteroatoms. The molecule has 1 aromatic carbocycles. The Morgan fingerprint density at radius 1 is 1.20 bits per heavy atom. The van der Waals surface area contributed by atoms with Crippen molar-refractivity contribution in [2.45, 2.75) is 45.1 Å². The highest BCUT2D eigenvalue weighted by atomic mass is 35.5. The Morgan fingerprint density at radius 3 is 2.65 bits per heavy atom. The molecule has 1 aliphatic rings. The lowest BCUT2D eigenvalue weighted by molar-refractivity contribution is 0.182. The second-order valence-electron chi connectivity index (χ2n) is 5.73. The molecule has 0 saturated carbocycles. The molecule has 0 spiro atoms. The van der Waals surface area contributed by atoms with Gasteiger partial charge in [-0.3, -0.25) is 0 Å². The first-order chi connectivity index (χ1) is 9.31. The van der Waals surface area contributed by atoms with Crippen molar-refractivity contribution >= 4 is 12.4 Å². The quantitative estimate of drug-likeness (QED) is 0.892. The van der Waals surface area contributed by atoms with E-state index < -0.39 is 0 Å². The molecule has 1 fully saturated rings. The second-order valence-corrected chi connectivity index (χ2v) is 5.73. The molecule has 0 aromatic heterocycles. The number of likely N-dealkylation sites (N-methyl/N-ethyl adjacent to an activating group) is 1. The van der Waals surface area contributed by atoms with Crippen molar-refractivity contribution in [1.29, 1.82) is 0 Å². The molecule has 0 aliphatic carbocycles. The van der Waals surface area contributed by atoms with Crippen LogP contribution in [0.4, 0.5) is 0 Å². The number of benzene rings is 1. The average molecular weight is 297 g/mol. The molecule has 1 N–H and O–H groups in total. The maximum Gasteiger partial charge on any atom is 0.0108 e. The van der Waals surface area contributed by atoms with Crippen molar-refractivity contribution in [3.8, 4) is 0 Å². The molecule has 1 aliphatic heterocycles. The summed E-state index contributed by atoms with van der Waals surface area (Å²) in [6.45, 7) is 9.39. The molecule has 20 heavy (non-hydrogen) atoms. The summed E-state index contributed by atoms with van der Waals surface area (Å²) < 4.78 is 0. The molecule has 2 unspecified atom stereocenters. The molecule has 114 valence electrons. The smallest absolute Gasteiger partial charge is 0.0108 e. The fourth-order valence-electron chi connectivity index (χ4n) is 3.14. The van der Waals surface area contributed by atoms with Gasteiger partial charge in [-0.2, -0.15) is 0 Å². The highest BCUT2D eigenvalue weighted by Crippen LogP contribution is 2.20. The summed E-state index contributed by atoms with van der Waals surface area (Å²) in [7, 11) is 0. The molecule has 0 amide bonds. The van der Waals surface area contributed by atoms with Crippen LogP contribution in [0, 0.1) is 0 Å². The molecule has 2 nitrogen and oxygen atoms in total.